The molecule has 20 heavy (non-hydrogen) atoms. The number of aliphatic carboxylic acids is 1. The van der Waals surface area contributed by atoms with Crippen LogP contribution in [0.5, 0.6) is 0 Å². The Morgan fingerprint density at radius 1 is 1.50 bits per heavy atom. The van der Waals surface area contributed by atoms with Crippen molar-refractivity contribution in [3.05, 3.63) is 30.1 Å². The molecule has 7 heteroatoms. The number of aromatic nitrogens is 4. The first-order chi connectivity index (χ1) is 9.61. The first-order valence-electron chi connectivity index (χ1n) is 6.37. The molecule has 6 nitrogen and oxygen atoms in total. The Balaban J connectivity index is 2.37. The van der Waals surface area contributed by atoms with E-state index in [1.54, 1.807) is 12.1 Å². The zero-order valence-electron chi connectivity index (χ0n) is 11.0. The highest BCUT2D eigenvalue weighted by Gasteiger charge is 2.20. The molecule has 0 saturated heterocycles. The lowest BCUT2D eigenvalue weighted by molar-refractivity contribution is -0.138. The van der Waals surface area contributed by atoms with Crippen molar-refractivity contribution in [2.24, 2.45) is 0 Å². The largest absolute Gasteiger partial charge is 0.481 e. The molecule has 1 atom stereocenters. The van der Waals surface area contributed by atoms with Gasteiger partial charge in [-0.1, -0.05) is 25.5 Å². The Morgan fingerprint density at radius 2 is 2.30 bits per heavy atom. The van der Waals surface area contributed by atoms with Crippen LogP contribution < -0.4 is 0 Å². The van der Waals surface area contributed by atoms with E-state index in [1.165, 1.54) is 16.8 Å². The summed E-state index contributed by atoms with van der Waals surface area (Å²) < 4.78 is 14.7. The van der Waals surface area contributed by atoms with Crippen LogP contribution in [0.1, 0.15) is 32.2 Å². The van der Waals surface area contributed by atoms with E-state index in [2.05, 4.69) is 15.5 Å². The number of nitrogens with zero attached hydrogens (tertiary/aromatic N) is 4. The minimum absolute atomic E-state index is 0.0683. The van der Waals surface area contributed by atoms with Gasteiger partial charge >= 0.3 is 5.97 Å². The molecule has 0 fully saturated rings. The van der Waals surface area contributed by atoms with Gasteiger partial charge in [0, 0.05) is 5.56 Å². The number of tetrazole rings is 1. The highest BCUT2D eigenvalue weighted by Crippen LogP contribution is 2.24. The molecule has 0 spiro atoms. The number of carbonyl (C=O) groups is 1. The maximum atomic E-state index is 13.3. The van der Waals surface area contributed by atoms with Crippen molar-refractivity contribution in [3.8, 4) is 11.4 Å². The van der Waals surface area contributed by atoms with E-state index in [-0.39, 0.29) is 18.3 Å². The summed E-state index contributed by atoms with van der Waals surface area (Å²) in [5, 5.41) is 20.3. The quantitative estimate of drug-likeness (QED) is 0.876. The van der Waals surface area contributed by atoms with Gasteiger partial charge < -0.3 is 5.11 Å². The molecule has 0 aliphatic carbocycles. The van der Waals surface area contributed by atoms with Gasteiger partial charge in [0.2, 0.25) is 0 Å². The van der Waals surface area contributed by atoms with Crippen molar-refractivity contribution < 1.29 is 14.3 Å². The van der Waals surface area contributed by atoms with Crippen molar-refractivity contribution in [1.29, 1.82) is 0 Å². The van der Waals surface area contributed by atoms with Gasteiger partial charge in [-0.2, -0.15) is 0 Å². The van der Waals surface area contributed by atoms with Crippen LogP contribution in [-0.2, 0) is 4.79 Å². The Bertz CT molecular complexity index is 600. The second kappa shape index (κ2) is 6.23. The van der Waals surface area contributed by atoms with Gasteiger partial charge in [-0.15, -0.1) is 5.10 Å². The maximum Gasteiger partial charge on any atom is 0.305 e. The highest BCUT2D eigenvalue weighted by atomic mass is 19.1. The van der Waals surface area contributed by atoms with Crippen molar-refractivity contribution in [3.63, 3.8) is 0 Å². The van der Waals surface area contributed by atoms with Gasteiger partial charge in [0.15, 0.2) is 5.82 Å². The van der Waals surface area contributed by atoms with Gasteiger partial charge in [0.25, 0.3) is 0 Å². The average Bonchev–Trinajstić information content (AvgIpc) is 2.86. The van der Waals surface area contributed by atoms with E-state index < -0.39 is 5.97 Å². The Kier molecular flexibility index (Phi) is 4.39. The van der Waals surface area contributed by atoms with E-state index >= 15 is 0 Å². The van der Waals surface area contributed by atoms with E-state index in [0.717, 1.165) is 6.42 Å². The van der Waals surface area contributed by atoms with Crippen molar-refractivity contribution in [2.75, 3.05) is 0 Å². The summed E-state index contributed by atoms with van der Waals surface area (Å²) in [6.07, 6.45) is 1.38. The first kappa shape index (κ1) is 14.1. The summed E-state index contributed by atoms with van der Waals surface area (Å²) in [4.78, 5) is 10.9. The number of carboxylic acid groups (broad SMARTS) is 1. The second-order valence-electron chi connectivity index (χ2n) is 4.50. The molecule has 0 aliphatic rings. The lowest BCUT2D eigenvalue weighted by Crippen LogP contribution is -2.16. The summed E-state index contributed by atoms with van der Waals surface area (Å²) >= 11 is 0. The molecule has 0 saturated carbocycles. The first-order valence-corrected chi connectivity index (χ1v) is 6.37. The Labute approximate surface area is 115 Å². The molecule has 0 bridgehead atoms. The molecule has 1 unspecified atom stereocenters. The summed E-state index contributed by atoms with van der Waals surface area (Å²) in [5.41, 5.74) is 0.529. The molecule has 2 rings (SSSR count). The predicted molar refractivity (Wildman–Crippen MR) is 69.4 cm³/mol. The third-order valence-corrected chi connectivity index (χ3v) is 2.95. The fourth-order valence-corrected chi connectivity index (χ4v) is 2.10. The third-order valence-electron chi connectivity index (χ3n) is 2.95. The summed E-state index contributed by atoms with van der Waals surface area (Å²) in [6.45, 7) is 1.96. The molecule has 106 valence electrons. The highest BCUT2D eigenvalue weighted by molar-refractivity contribution is 5.67. The lowest BCUT2D eigenvalue weighted by Gasteiger charge is -2.15. The molecular weight excluding hydrogens is 263 g/mol. The number of hydrogen-bond acceptors (Lipinski definition) is 4. The van der Waals surface area contributed by atoms with Crippen molar-refractivity contribution >= 4 is 5.97 Å². The minimum Gasteiger partial charge on any atom is -0.481 e. The molecule has 2 aromatic rings. The van der Waals surface area contributed by atoms with Crippen LogP contribution in [0.4, 0.5) is 4.39 Å². The van der Waals surface area contributed by atoms with E-state index in [4.69, 9.17) is 5.11 Å². The van der Waals surface area contributed by atoms with E-state index in [0.29, 0.717) is 17.8 Å². The average molecular weight is 278 g/mol. The van der Waals surface area contributed by atoms with Gasteiger partial charge in [0.05, 0.1) is 12.5 Å². The summed E-state index contributed by atoms with van der Waals surface area (Å²) in [6, 6.07) is 5.57. The number of hydrogen-bond donors (Lipinski definition) is 1. The molecule has 1 N–H and O–H groups in total. The molecule has 1 heterocycles. The minimum atomic E-state index is -0.913. The van der Waals surface area contributed by atoms with Gasteiger partial charge in [-0.3, -0.25) is 4.79 Å². The number of carboxylic acids is 1. The number of halogens is 1. The van der Waals surface area contributed by atoms with E-state index in [1.807, 2.05) is 6.92 Å². The fourth-order valence-electron chi connectivity index (χ4n) is 2.10. The Hall–Kier alpha value is -2.31. The van der Waals surface area contributed by atoms with Crippen LogP contribution in [0.15, 0.2) is 24.3 Å². The Morgan fingerprint density at radius 3 is 2.95 bits per heavy atom. The van der Waals surface area contributed by atoms with Gasteiger partial charge in [0.1, 0.15) is 5.82 Å². The second-order valence-corrected chi connectivity index (χ2v) is 4.50. The van der Waals surface area contributed by atoms with Crippen LogP contribution >= 0.6 is 0 Å². The van der Waals surface area contributed by atoms with Gasteiger partial charge in [-0.25, -0.2) is 9.07 Å². The normalized spacial score (nSPS) is 12.3. The zero-order valence-corrected chi connectivity index (χ0v) is 11.0. The van der Waals surface area contributed by atoms with Crippen LogP contribution in [0.3, 0.4) is 0 Å². The fraction of sp³-hybridized carbons (Fsp3) is 0.385. The predicted octanol–water partition coefficient (Wildman–Crippen LogP) is 2.30. The van der Waals surface area contributed by atoms with Gasteiger partial charge in [-0.05, 0) is 29.0 Å². The molecule has 0 radical (unpaired) electrons. The summed E-state index contributed by atoms with van der Waals surface area (Å²) in [7, 11) is 0. The summed E-state index contributed by atoms with van der Waals surface area (Å²) in [5.74, 6) is -0.921. The zero-order chi connectivity index (χ0) is 14.5. The van der Waals surface area contributed by atoms with Crippen LogP contribution in [0.25, 0.3) is 11.4 Å². The number of benzene rings is 1. The third kappa shape index (κ3) is 3.17. The molecule has 1 aromatic carbocycles. The van der Waals surface area contributed by atoms with Crippen LogP contribution in [0.2, 0.25) is 0 Å². The van der Waals surface area contributed by atoms with Crippen molar-refractivity contribution in [1.82, 2.24) is 20.2 Å². The lowest BCUT2D eigenvalue weighted by atomic mass is 10.1. The van der Waals surface area contributed by atoms with E-state index in [9.17, 15) is 9.18 Å². The SMILES string of the molecule is CCCC(CC(=O)O)n1nnnc1-c1cccc(F)c1. The monoisotopic (exact) mass is 278 g/mol. The van der Waals surface area contributed by atoms with Crippen molar-refractivity contribution in [2.45, 2.75) is 32.2 Å². The smallest absolute Gasteiger partial charge is 0.305 e. The topological polar surface area (TPSA) is 80.9 Å². The molecule has 1 aromatic heterocycles. The van der Waals surface area contributed by atoms with Crippen LogP contribution in [-0.4, -0.2) is 31.3 Å². The van der Waals surface area contributed by atoms with Crippen LogP contribution in [0, 0.1) is 5.82 Å². The molecular formula is C13H15FN4O2. The maximum absolute atomic E-state index is 13.3. The number of rotatable bonds is 6. The molecule has 0 amide bonds. The molecule has 0 aliphatic heterocycles. The standard InChI is InChI=1S/C13H15FN4O2/c1-2-4-11(8-12(19)20)18-13(15-16-17-18)9-5-3-6-10(14)7-9/h3,5-7,11H,2,4,8H2,1H3,(H,19,20).